The van der Waals surface area contributed by atoms with Gasteiger partial charge in [0.05, 0.1) is 13.4 Å². The van der Waals surface area contributed by atoms with Gasteiger partial charge in [-0.15, -0.1) is 0 Å². The molecule has 4 nitrogen and oxygen atoms in total. The van der Waals surface area contributed by atoms with Crippen LogP contribution in [0.4, 0.5) is 10.2 Å². The topological polar surface area (TPSA) is 47.0 Å². The maximum Gasteiger partial charge on any atom is 0.213 e. The van der Waals surface area contributed by atoms with Crippen LogP contribution < -0.4 is 5.32 Å². The predicted octanol–water partition coefficient (Wildman–Crippen LogP) is 5.65. The lowest BCUT2D eigenvalue weighted by Crippen LogP contribution is -1.95. The molecule has 140 valence electrons. The zero-order chi connectivity index (χ0) is 19.5. The van der Waals surface area contributed by atoms with Gasteiger partial charge in [0.25, 0.3) is 0 Å². The van der Waals surface area contributed by atoms with Crippen molar-refractivity contribution in [2.24, 2.45) is 0 Å². The van der Waals surface area contributed by atoms with Crippen molar-refractivity contribution in [2.75, 3.05) is 12.4 Å². The second kappa shape index (κ2) is 10.7. The fourth-order valence-electron chi connectivity index (χ4n) is 2.38. The van der Waals surface area contributed by atoms with E-state index in [0.29, 0.717) is 0 Å². The van der Waals surface area contributed by atoms with Gasteiger partial charge in [-0.1, -0.05) is 25.2 Å². The van der Waals surface area contributed by atoms with Gasteiger partial charge in [-0.05, 0) is 54.3 Å². The molecule has 2 aromatic heterocycles. The molecule has 0 bridgehead atoms. The summed E-state index contributed by atoms with van der Waals surface area (Å²) in [5, 5.41) is 3.22. The average molecular weight is 365 g/mol. The second-order valence-electron chi connectivity index (χ2n) is 5.77. The first-order valence-corrected chi connectivity index (χ1v) is 8.71. The summed E-state index contributed by atoms with van der Waals surface area (Å²) in [6.45, 7) is 4.17. The van der Waals surface area contributed by atoms with E-state index in [1.54, 1.807) is 25.6 Å². The number of anilines is 1. The summed E-state index contributed by atoms with van der Waals surface area (Å²) in [6, 6.07) is 6.91. The summed E-state index contributed by atoms with van der Waals surface area (Å²) in [7, 11) is 1.62. The van der Waals surface area contributed by atoms with E-state index in [4.69, 9.17) is 4.74 Å². The van der Waals surface area contributed by atoms with E-state index >= 15 is 0 Å². The van der Waals surface area contributed by atoms with Crippen LogP contribution in [-0.4, -0.2) is 17.1 Å². The Morgan fingerprint density at radius 1 is 1.15 bits per heavy atom. The van der Waals surface area contributed by atoms with E-state index in [9.17, 15) is 4.39 Å². The summed E-state index contributed by atoms with van der Waals surface area (Å²) in [5.41, 5.74) is 3.93. The Morgan fingerprint density at radius 3 is 2.67 bits per heavy atom. The Balaban J connectivity index is 2.05. The molecule has 0 amide bonds. The van der Waals surface area contributed by atoms with Crippen LogP contribution in [0.3, 0.4) is 0 Å². The first-order valence-electron chi connectivity index (χ1n) is 8.71. The molecule has 0 aliphatic carbocycles. The number of halogens is 1. The molecule has 2 aromatic rings. The van der Waals surface area contributed by atoms with Crippen LogP contribution >= 0.6 is 0 Å². The van der Waals surface area contributed by atoms with Crippen LogP contribution in [0.15, 0.2) is 84.6 Å². The largest absolute Gasteiger partial charge is 0.504 e. The Hall–Kier alpha value is -3.21. The first-order chi connectivity index (χ1) is 13.1. The smallest absolute Gasteiger partial charge is 0.213 e. The molecule has 1 N–H and O–H groups in total. The molecule has 0 spiro atoms. The van der Waals surface area contributed by atoms with Crippen LogP contribution in [0.5, 0.6) is 0 Å². The summed E-state index contributed by atoms with van der Waals surface area (Å²) in [6.07, 6.45) is 15.4. The van der Waals surface area contributed by atoms with Crippen LogP contribution in [0.2, 0.25) is 0 Å². The zero-order valence-corrected chi connectivity index (χ0v) is 15.8. The third-order valence-corrected chi connectivity index (χ3v) is 3.89. The van der Waals surface area contributed by atoms with Crippen molar-refractivity contribution in [3.8, 4) is 11.1 Å². The molecule has 0 radical (unpaired) electrons. The van der Waals surface area contributed by atoms with Crippen molar-refractivity contribution in [1.29, 1.82) is 0 Å². The maximum atomic E-state index is 13.2. The van der Waals surface area contributed by atoms with Crippen LogP contribution in [0.1, 0.15) is 20.3 Å². The Bertz CT molecular complexity index is 852. The monoisotopic (exact) mass is 365 g/mol. The first kappa shape index (κ1) is 20.1. The standard InChI is InChI=1S/C22H24FN3O/c1-4-18(17(2)8-6-5-7-13-27-3)15-25-22-10-9-20(16-26-22)19-11-12-24-21(23)14-19/h5-16H,4H2,1-3H3,(H,25,26)/b6-5-,13-7+,17-8+,18-15+. The second-order valence-corrected chi connectivity index (χ2v) is 5.77. The molecule has 5 heteroatoms. The van der Waals surface area contributed by atoms with E-state index in [-0.39, 0.29) is 0 Å². The molecular formula is C22H24FN3O. The van der Waals surface area contributed by atoms with Crippen molar-refractivity contribution in [3.05, 3.63) is 90.5 Å². The highest BCUT2D eigenvalue weighted by Gasteiger charge is 2.02. The van der Waals surface area contributed by atoms with Gasteiger partial charge in [0, 0.05) is 30.2 Å². The van der Waals surface area contributed by atoms with Gasteiger partial charge in [-0.3, -0.25) is 0 Å². The zero-order valence-electron chi connectivity index (χ0n) is 15.8. The van der Waals surface area contributed by atoms with Gasteiger partial charge >= 0.3 is 0 Å². The normalized spacial score (nSPS) is 12.7. The maximum absolute atomic E-state index is 13.2. The number of hydrogen-bond donors (Lipinski definition) is 1. The van der Waals surface area contributed by atoms with E-state index in [2.05, 4.69) is 29.1 Å². The number of pyridine rings is 2. The number of aromatic nitrogens is 2. The van der Waals surface area contributed by atoms with E-state index < -0.39 is 5.95 Å². The molecule has 0 atom stereocenters. The lowest BCUT2D eigenvalue weighted by atomic mass is 10.1. The average Bonchev–Trinajstić information content (AvgIpc) is 2.69. The van der Waals surface area contributed by atoms with Gasteiger partial charge in [0.2, 0.25) is 5.95 Å². The molecular weight excluding hydrogens is 341 g/mol. The number of nitrogens with zero attached hydrogens (tertiary/aromatic N) is 2. The van der Waals surface area contributed by atoms with E-state index in [0.717, 1.165) is 28.9 Å². The lowest BCUT2D eigenvalue weighted by Gasteiger charge is -2.07. The third-order valence-electron chi connectivity index (χ3n) is 3.89. The highest BCUT2D eigenvalue weighted by atomic mass is 19.1. The summed E-state index contributed by atoms with van der Waals surface area (Å²) < 4.78 is 18.1. The number of nitrogens with one attached hydrogen (secondary N) is 1. The molecule has 0 fully saturated rings. The molecule has 0 saturated carbocycles. The van der Waals surface area contributed by atoms with E-state index in [1.165, 1.54) is 17.8 Å². The minimum Gasteiger partial charge on any atom is -0.504 e. The van der Waals surface area contributed by atoms with Gasteiger partial charge in [0.15, 0.2) is 0 Å². The summed E-state index contributed by atoms with van der Waals surface area (Å²) in [4.78, 5) is 7.96. The van der Waals surface area contributed by atoms with Crippen LogP contribution in [-0.2, 0) is 4.74 Å². The van der Waals surface area contributed by atoms with Gasteiger partial charge < -0.3 is 10.1 Å². The van der Waals surface area contributed by atoms with Crippen LogP contribution in [0, 0.1) is 5.95 Å². The van der Waals surface area contributed by atoms with E-state index in [1.807, 2.05) is 42.6 Å². The molecule has 0 aromatic carbocycles. The number of rotatable bonds is 8. The molecule has 2 rings (SSSR count). The molecule has 0 aliphatic heterocycles. The Morgan fingerprint density at radius 2 is 2.00 bits per heavy atom. The molecule has 0 saturated heterocycles. The summed E-state index contributed by atoms with van der Waals surface area (Å²) in [5.74, 6) is 0.227. The summed E-state index contributed by atoms with van der Waals surface area (Å²) >= 11 is 0. The Kier molecular flexibility index (Phi) is 7.97. The van der Waals surface area contributed by atoms with Crippen molar-refractivity contribution >= 4 is 5.82 Å². The van der Waals surface area contributed by atoms with Crippen molar-refractivity contribution in [1.82, 2.24) is 9.97 Å². The fourth-order valence-corrected chi connectivity index (χ4v) is 2.38. The van der Waals surface area contributed by atoms with Gasteiger partial charge in [-0.25, -0.2) is 9.97 Å². The quantitative estimate of drug-likeness (QED) is 0.373. The fraction of sp³-hybridized carbons (Fsp3) is 0.182. The van der Waals surface area contributed by atoms with Gasteiger partial charge in [0.1, 0.15) is 5.82 Å². The van der Waals surface area contributed by atoms with Crippen LogP contribution in [0.25, 0.3) is 11.1 Å². The lowest BCUT2D eigenvalue weighted by molar-refractivity contribution is 0.338. The number of ether oxygens (including phenoxy) is 1. The Labute approximate surface area is 159 Å². The predicted molar refractivity (Wildman–Crippen MR) is 108 cm³/mol. The number of allylic oxidation sites excluding steroid dienone is 6. The molecule has 2 heterocycles. The highest BCUT2D eigenvalue weighted by Crippen LogP contribution is 2.20. The number of hydrogen-bond acceptors (Lipinski definition) is 4. The van der Waals surface area contributed by atoms with Crippen molar-refractivity contribution < 1.29 is 9.13 Å². The van der Waals surface area contributed by atoms with Gasteiger partial charge in [-0.2, -0.15) is 4.39 Å². The van der Waals surface area contributed by atoms with Crippen molar-refractivity contribution in [2.45, 2.75) is 20.3 Å². The third kappa shape index (κ3) is 6.55. The number of methoxy groups -OCH3 is 1. The molecule has 0 unspecified atom stereocenters. The molecule has 27 heavy (non-hydrogen) atoms. The minimum atomic E-state index is -0.501. The minimum absolute atomic E-state index is 0.501. The molecule has 0 aliphatic rings. The van der Waals surface area contributed by atoms with Crippen molar-refractivity contribution in [3.63, 3.8) is 0 Å². The highest BCUT2D eigenvalue weighted by molar-refractivity contribution is 5.63. The SMILES string of the molecule is CCC(=C\Nc1ccc(-c2ccnc(F)c2)cn1)/C(C)=C/C=C\C=C\OC.